The minimum absolute atomic E-state index is 0.359. The summed E-state index contributed by atoms with van der Waals surface area (Å²) in [5, 5.41) is 11.1. The van der Waals surface area contributed by atoms with E-state index in [9.17, 15) is 18.0 Å². The van der Waals surface area contributed by atoms with Crippen LogP contribution >= 0.6 is 11.8 Å². The van der Waals surface area contributed by atoms with E-state index in [1.54, 1.807) is 24.3 Å². The first kappa shape index (κ1) is 18.3. The Bertz CT molecular complexity index is 544. The minimum Gasteiger partial charge on any atom is -0.359 e. The molecule has 0 saturated heterocycles. The van der Waals surface area contributed by atoms with Gasteiger partial charge in [0.15, 0.2) is 0 Å². The molecule has 0 bridgehead atoms. The number of rotatable bonds is 7. The summed E-state index contributed by atoms with van der Waals surface area (Å²) in [5.41, 5.74) is 0.484. The number of amides is 1. The fourth-order valence-electron chi connectivity index (χ4n) is 1.43. The summed E-state index contributed by atoms with van der Waals surface area (Å²) in [7, 11) is 0. The number of anilines is 1. The second kappa shape index (κ2) is 8.66. The molecule has 1 N–H and O–H groups in total. The van der Waals surface area contributed by atoms with Gasteiger partial charge in [-0.2, -0.15) is 18.4 Å². The number of carbonyl (C=O) groups excluding carboxylic acids is 1. The van der Waals surface area contributed by atoms with Crippen molar-refractivity contribution in [3.63, 3.8) is 0 Å². The van der Waals surface area contributed by atoms with Gasteiger partial charge in [0.25, 0.3) is 5.91 Å². The van der Waals surface area contributed by atoms with Gasteiger partial charge >= 0.3 is 6.18 Å². The molecule has 0 aliphatic heterocycles. The monoisotopic (exact) mass is 332 g/mol. The van der Waals surface area contributed by atoms with Crippen LogP contribution in [0.25, 0.3) is 0 Å². The molecule has 0 spiro atoms. The van der Waals surface area contributed by atoms with E-state index in [1.807, 2.05) is 6.07 Å². The van der Waals surface area contributed by atoms with Crippen LogP contribution < -0.4 is 5.32 Å². The molecule has 0 aliphatic carbocycles. The van der Waals surface area contributed by atoms with Crippen LogP contribution in [-0.2, 0) is 9.53 Å². The number of halogens is 3. The van der Waals surface area contributed by atoms with Crippen molar-refractivity contribution in [3.05, 3.63) is 24.3 Å². The van der Waals surface area contributed by atoms with Crippen molar-refractivity contribution in [3.8, 4) is 6.07 Å². The third-order valence-electron chi connectivity index (χ3n) is 2.48. The topological polar surface area (TPSA) is 62.1 Å². The standard InChI is InChI=1S/C14H15F3N2O2S/c1-10(21-9-14(15,16)17)13(20)19-11-5-2-3-6-12(11)22-8-4-7-18/h2-3,5-6,10H,4,8-9H2,1H3,(H,19,20)/t10-/m0/s1. The van der Waals surface area contributed by atoms with Crippen LogP contribution in [0.3, 0.4) is 0 Å². The van der Waals surface area contributed by atoms with Gasteiger partial charge in [-0.25, -0.2) is 0 Å². The lowest BCUT2D eigenvalue weighted by Crippen LogP contribution is -2.31. The lowest BCUT2D eigenvalue weighted by molar-refractivity contribution is -0.184. The SMILES string of the molecule is C[C@H](OCC(F)(F)F)C(=O)Nc1ccccc1SCCC#N. The quantitative estimate of drug-likeness (QED) is 0.612. The molecule has 0 aliphatic rings. The highest BCUT2D eigenvalue weighted by atomic mass is 32.2. The Balaban J connectivity index is 2.62. The second-order valence-corrected chi connectivity index (χ2v) is 5.45. The predicted octanol–water partition coefficient (Wildman–Crippen LogP) is 3.60. The van der Waals surface area contributed by atoms with Gasteiger partial charge in [0.05, 0.1) is 11.8 Å². The van der Waals surface area contributed by atoms with Gasteiger partial charge in [-0.15, -0.1) is 11.8 Å². The number of hydrogen-bond donors (Lipinski definition) is 1. The van der Waals surface area contributed by atoms with E-state index in [-0.39, 0.29) is 0 Å². The number of para-hydroxylation sites is 1. The van der Waals surface area contributed by atoms with Crippen molar-refractivity contribution in [2.75, 3.05) is 17.7 Å². The second-order valence-electron chi connectivity index (χ2n) is 4.31. The van der Waals surface area contributed by atoms with Crippen LogP contribution in [0.15, 0.2) is 29.2 Å². The molecule has 1 aromatic carbocycles. The highest BCUT2D eigenvalue weighted by Crippen LogP contribution is 2.27. The molecule has 0 saturated carbocycles. The summed E-state index contributed by atoms with van der Waals surface area (Å²) < 4.78 is 40.7. The van der Waals surface area contributed by atoms with Crippen molar-refractivity contribution in [2.45, 2.75) is 30.5 Å². The number of nitriles is 1. The van der Waals surface area contributed by atoms with Gasteiger partial charge in [0.1, 0.15) is 12.7 Å². The van der Waals surface area contributed by atoms with Crippen molar-refractivity contribution in [1.82, 2.24) is 0 Å². The Labute approximate surface area is 130 Å². The minimum atomic E-state index is -4.47. The van der Waals surface area contributed by atoms with E-state index in [4.69, 9.17) is 5.26 Å². The fourth-order valence-corrected chi connectivity index (χ4v) is 2.29. The zero-order chi connectivity index (χ0) is 16.6. The van der Waals surface area contributed by atoms with E-state index >= 15 is 0 Å². The number of benzene rings is 1. The smallest absolute Gasteiger partial charge is 0.359 e. The van der Waals surface area contributed by atoms with E-state index in [0.29, 0.717) is 17.9 Å². The first-order valence-electron chi connectivity index (χ1n) is 6.41. The van der Waals surface area contributed by atoms with E-state index in [2.05, 4.69) is 10.1 Å². The summed E-state index contributed by atoms with van der Waals surface area (Å²) in [6.07, 6.45) is -5.34. The van der Waals surface area contributed by atoms with E-state index in [1.165, 1.54) is 18.7 Å². The van der Waals surface area contributed by atoms with Gasteiger partial charge in [-0.05, 0) is 19.1 Å². The largest absolute Gasteiger partial charge is 0.411 e. The summed E-state index contributed by atoms with van der Waals surface area (Å²) in [4.78, 5) is 12.6. The molecule has 0 heterocycles. The molecule has 1 aromatic rings. The average Bonchev–Trinajstić information content (AvgIpc) is 2.46. The molecule has 4 nitrogen and oxygen atoms in total. The maximum Gasteiger partial charge on any atom is 0.411 e. The lowest BCUT2D eigenvalue weighted by atomic mass is 10.3. The van der Waals surface area contributed by atoms with Gasteiger partial charge in [0, 0.05) is 17.1 Å². The molecule has 1 amide bonds. The predicted molar refractivity (Wildman–Crippen MR) is 77.5 cm³/mol. The summed E-state index contributed by atoms with van der Waals surface area (Å²) in [5.74, 6) is -0.0960. The summed E-state index contributed by atoms with van der Waals surface area (Å²) >= 11 is 1.38. The number of nitrogens with zero attached hydrogens (tertiary/aromatic N) is 1. The Kier molecular flexibility index (Phi) is 7.21. The molecule has 0 radical (unpaired) electrons. The number of ether oxygens (including phenoxy) is 1. The summed E-state index contributed by atoms with van der Waals surface area (Å²) in [6, 6.07) is 8.89. The molecule has 0 aromatic heterocycles. The molecule has 22 heavy (non-hydrogen) atoms. The molecule has 1 atom stereocenters. The number of nitrogens with one attached hydrogen (secondary N) is 1. The highest BCUT2D eigenvalue weighted by molar-refractivity contribution is 7.99. The van der Waals surface area contributed by atoms with Crippen molar-refractivity contribution >= 4 is 23.4 Å². The van der Waals surface area contributed by atoms with Gasteiger partial charge in [0.2, 0.25) is 0 Å². The first-order chi connectivity index (χ1) is 10.3. The Morgan fingerprint density at radius 2 is 2.14 bits per heavy atom. The zero-order valence-electron chi connectivity index (χ0n) is 11.8. The average molecular weight is 332 g/mol. The molecule has 0 fully saturated rings. The molecule has 0 unspecified atom stereocenters. The van der Waals surface area contributed by atoms with Crippen LogP contribution in [0, 0.1) is 11.3 Å². The van der Waals surface area contributed by atoms with Crippen molar-refractivity contribution in [2.24, 2.45) is 0 Å². The maximum atomic E-state index is 12.1. The molecule has 8 heteroatoms. The highest BCUT2D eigenvalue weighted by Gasteiger charge is 2.30. The van der Waals surface area contributed by atoms with E-state index < -0.39 is 24.8 Å². The maximum absolute atomic E-state index is 12.1. The Morgan fingerprint density at radius 1 is 1.45 bits per heavy atom. The molecule has 1 rings (SSSR count). The Morgan fingerprint density at radius 3 is 2.77 bits per heavy atom. The third-order valence-corrected chi connectivity index (χ3v) is 3.56. The van der Waals surface area contributed by atoms with Crippen LogP contribution in [0.5, 0.6) is 0 Å². The van der Waals surface area contributed by atoms with Crippen molar-refractivity contribution < 1.29 is 22.7 Å². The van der Waals surface area contributed by atoms with Gasteiger partial charge in [-0.1, -0.05) is 12.1 Å². The van der Waals surface area contributed by atoms with Crippen LogP contribution in [0.2, 0.25) is 0 Å². The first-order valence-corrected chi connectivity index (χ1v) is 7.40. The zero-order valence-corrected chi connectivity index (χ0v) is 12.6. The lowest BCUT2D eigenvalue weighted by Gasteiger charge is -2.16. The molecular weight excluding hydrogens is 317 g/mol. The van der Waals surface area contributed by atoms with Crippen molar-refractivity contribution in [1.29, 1.82) is 5.26 Å². The normalized spacial score (nSPS) is 12.5. The van der Waals surface area contributed by atoms with Gasteiger partial charge < -0.3 is 10.1 Å². The number of hydrogen-bond acceptors (Lipinski definition) is 4. The van der Waals surface area contributed by atoms with Crippen LogP contribution in [-0.4, -0.2) is 30.5 Å². The fraction of sp³-hybridized carbons (Fsp3) is 0.429. The van der Waals surface area contributed by atoms with Gasteiger partial charge in [-0.3, -0.25) is 4.79 Å². The number of thioether (sulfide) groups is 1. The molecule has 120 valence electrons. The van der Waals surface area contributed by atoms with Crippen LogP contribution in [0.1, 0.15) is 13.3 Å². The van der Waals surface area contributed by atoms with E-state index in [0.717, 1.165) is 4.90 Å². The number of alkyl halides is 3. The van der Waals surface area contributed by atoms with Crippen LogP contribution in [0.4, 0.5) is 18.9 Å². The molecular formula is C14H15F3N2O2S. The third kappa shape index (κ3) is 6.83. The summed E-state index contributed by atoms with van der Waals surface area (Å²) in [6.45, 7) is -0.216. The number of carbonyl (C=O) groups is 1. The Hall–Kier alpha value is -1.72.